The van der Waals surface area contributed by atoms with Crippen LogP contribution in [0.15, 0.2) is 6.07 Å². The normalized spacial score (nSPS) is 18.2. The molecule has 0 N–H and O–H groups in total. The minimum atomic E-state index is 0.219. The second kappa shape index (κ2) is 4.54. The highest BCUT2D eigenvalue weighted by molar-refractivity contribution is 6.32. The van der Waals surface area contributed by atoms with Crippen molar-refractivity contribution in [3.8, 4) is 0 Å². The highest BCUT2D eigenvalue weighted by Gasteiger charge is 2.17. The fourth-order valence-corrected chi connectivity index (χ4v) is 2.18. The Morgan fingerprint density at radius 3 is 2.53 bits per heavy atom. The summed E-state index contributed by atoms with van der Waals surface area (Å²) in [6.45, 7) is 4.31. The molecule has 0 radical (unpaired) electrons. The summed E-state index contributed by atoms with van der Waals surface area (Å²) in [5.41, 5.74) is 0. The number of hydrogen-bond donors (Lipinski definition) is 0. The number of rotatable bonds is 1. The Morgan fingerprint density at radius 1 is 1.27 bits per heavy atom. The summed E-state index contributed by atoms with van der Waals surface area (Å²) >= 11 is 11.6. The Hall–Kier alpha value is -0.540. The third-order valence-electron chi connectivity index (χ3n) is 2.76. The lowest BCUT2D eigenvalue weighted by Crippen LogP contribution is -2.33. The van der Waals surface area contributed by atoms with Gasteiger partial charge in [-0.2, -0.15) is 0 Å². The molecule has 0 spiro atoms. The fraction of sp³-hybridized carbons (Fsp3) is 0.600. The van der Waals surface area contributed by atoms with Crippen LogP contribution in [-0.4, -0.2) is 23.1 Å². The van der Waals surface area contributed by atoms with Crippen LogP contribution in [0.3, 0.4) is 0 Å². The van der Waals surface area contributed by atoms with Crippen LogP contribution < -0.4 is 4.90 Å². The van der Waals surface area contributed by atoms with Gasteiger partial charge in [0.05, 0.1) is 0 Å². The lowest BCUT2D eigenvalue weighted by molar-refractivity contribution is 0.436. The summed E-state index contributed by atoms with van der Waals surface area (Å²) in [7, 11) is 0. The van der Waals surface area contributed by atoms with Crippen LogP contribution in [0.5, 0.6) is 0 Å². The lowest BCUT2D eigenvalue weighted by Gasteiger charge is -2.31. The van der Waals surface area contributed by atoms with Crippen molar-refractivity contribution < 1.29 is 0 Å². The van der Waals surface area contributed by atoms with Gasteiger partial charge >= 0.3 is 0 Å². The molecule has 0 saturated carbocycles. The molecule has 5 heteroatoms. The molecule has 1 aromatic heterocycles. The van der Waals surface area contributed by atoms with Crippen LogP contribution in [0.4, 0.5) is 5.82 Å². The third kappa shape index (κ3) is 2.73. The second-order valence-electron chi connectivity index (χ2n) is 3.99. The highest BCUT2D eigenvalue weighted by atomic mass is 35.5. The van der Waals surface area contributed by atoms with Crippen molar-refractivity contribution in [3.05, 3.63) is 16.5 Å². The Bertz CT molecular complexity index is 328. The van der Waals surface area contributed by atoms with Crippen LogP contribution >= 0.6 is 23.2 Å². The minimum absolute atomic E-state index is 0.219. The van der Waals surface area contributed by atoms with E-state index >= 15 is 0 Å². The van der Waals surface area contributed by atoms with Gasteiger partial charge < -0.3 is 4.90 Å². The molecule has 82 valence electrons. The maximum Gasteiger partial charge on any atom is 0.225 e. The maximum absolute atomic E-state index is 5.84. The van der Waals surface area contributed by atoms with Gasteiger partial charge in [-0.1, -0.05) is 18.5 Å². The van der Waals surface area contributed by atoms with E-state index in [0.29, 0.717) is 5.15 Å². The molecule has 1 aliphatic heterocycles. The van der Waals surface area contributed by atoms with E-state index in [4.69, 9.17) is 23.2 Å². The van der Waals surface area contributed by atoms with Gasteiger partial charge in [-0.3, -0.25) is 0 Å². The molecule has 3 nitrogen and oxygen atoms in total. The zero-order valence-corrected chi connectivity index (χ0v) is 10.1. The van der Waals surface area contributed by atoms with Crippen molar-refractivity contribution in [1.82, 2.24) is 9.97 Å². The first-order valence-corrected chi connectivity index (χ1v) is 5.86. The van der Waals surface area contributed by atoms with E-state index in [-0.39, 0.29) is 5.28 Å². The summed E-state index contributed by atoms with van der Waals surface area (Å²) in [4.78, 5) is 10.2. The van der Waals surface area contributed by atoms with E-state index in [9.17, 15) is 0 Å². The van der Waals surface area contributed by atoms with E-state index in [2.05, 4.69) is 21.8 Å². The number of nitrogens with zero attached hydrogens (tertiary/aromatic N) is 3. The summed E-state index contributed by atoms with van der Waals surface area (Å²) in [5, 5.41) is 0.625. The van der Waals surface area contributed by atoms with Crippen LogP contribution in [0, 0.1) is 5.92 Å². The summed E-state index contributed by atoms with van der Waals surface area (Å²) < 4.78 is 0. The average molecular weight is 246 g/mol. The summed E-state index contributed by atoms with van der Waals surface area (Å²) in [6.07, 6.45) is 2.39. The molecule has 0 atom stereocenters. The zero-order chi connectivity index (χ0) is 10.8. The Morgan fingerprint density at radius 2 is 1.93 bits per heavy atom. The topological polar surface area (TPSA) is 29.0 Å². The molecule has 2 rings (SSSR count). The minimum Gasteiger partial charge on any atom is -0.356 e. The van der Waals surface area contributed by atoms with Crippen molar-refractivity contribution in [1.29, 1.82) is 0 Å². The van der Waals surface area contributed by atoms with Crippen LogP contribution in [0.25, 0.3) is 0 Å². The van der Waals surface area contributed by atoms with Crippen molar-refractivity contribution >= 4 is 29.0 Å². The predicted octanol–water partition coefficient (Wildman–Crippen LogP) is 3.02. The molecule has 1 aromatic rings. The molecule has 2 heterocycles. The van der Waals surface area contributed by atoms with Gasteiger partial charge in [-0.15, -0.1) is 0 Å². The Balaban J connectivity index is 2.15. The van der Waals surface area contributed by atoms with Gasteiger partial charge in [0.2, 0.25) is 5.28 Å². The molecule has 1 fully saturated rings. The molecule has 0 bridgehead atoms. The van der Waals surface area contributed by atoms with Crippen molar-refractivity contribution in [3.63, 3.8) is 0 Å². The summed E-state index contributed by atoms with van der Waals surface area (Å²) in [6, 6.07) is 1.77. The number of aromatic nitrogens is 2. The smallest absolute Gasteiger partial charge is 0.225 e. The highest BCUT2D eigenvalue weighted by Crippen LogP contribution is 2.23. The molecular formula is C10H13Cl2N3. The third-order valence-corrected chi connectivity index (χ3v) is 3.12. The van der Waals surface area contributed by atoms with E-state index in [1.54, 1.807) is 6.07 Å². The van der Waals surface area contributed by atoms with E-state index in [0.717, 1.165) is 24.8 Å². The Labute approximate surface area is 99.4 Å². The molecule has 0 unspecified atom stereocenters. The van der Waals surface area contributed by atoms with Gasteiger partial charge in [0.15, 0.2) is 0 Å². The Kier molecular flexibility index (Phi) is 3.32. The standard InChI is InChI=1S/C10H13Cl2N3/c1-7-2-4-15(5-3-7)9-6-8(11)13-10(12)14-9/h6-7H,2-5H2,1H3. The van der Waals surface area contributed by atoms with Crippen LogP contribution in [0.1, 0.15) is 19.8 Å². The van der Waals surface area contributed by atoms with E-state index in [1.807, 2.05) is 0 Å². The largest absolute Gasteiger partial charge is 0.356 e. The molecule has 1 saturated heterocycles. The quantitative estimate of drug-likeness (QED) is 0.563. The van der Waals surface area contributed by atoms with Gasteiger partial charge in [-0.05, 0) is 30.4 Å². The van der Waals surface area contributed by atoms with Gasteiger partial charge in [-0.25, -0.2) is 9.97 Å². The molecule has 0 aliphatic carbocycles. The van der Waals surface area contributed by atoms with E-state index < -0.39 is 0 Å². The van der Waals surface area contributed by atoms with Crippen LogP contribution in [0.2, 0.25) is 10.4 Å². The summed E-state index contributed by atoms with van der Waals surface area (Å²) in [5.74, 6) is 1.64. The predicted molar refractivity (Wildman–Crippen MR) is 62.7 cm³/mol. The first-order valence-electron chi connectivity index (χ1n) is 5.10. The average Bonchev–Trinajstić information content (AvgIpc) is 2.17. The maximum atomic E-state index is 5.84. The number of anilines is 1. The van der Waals surface area contributed by atoms with Gasteiger partial charge in [0.1, 0.15) is 11.0 Å². The molecule has 0 amide bonds. The number of piperidine rings is 1. The van der Waals surface area contributed by atoms with Gasteiger partial charge in [0, 0.05) is 19.2 Å². The second-order valence-corrected chi connectivity index (χ2v) is 4.71. The molecule has 15 heavy (non-hydrogen) atoms. The first-order chi connectivity index (χ1) is 7.15. The fourth-order valence-electron chi connectivity index (χ4n) is 1.78. The zero-order valence-electron chi connectivity index (χ0n) is 8.58. The molecule has 0 aromatic carbocycles. The van der Waals surface area contributed by atoms with Crippen LogP contribution in [-0.2, 0) is 0 Å². The lowest BCUT2D eigenvalue weighted by atomic mass is 9.99. The first kappa shape index (κ1) is 11.0. The monoisotopic (exact) mass is 245 g/mol. The van der Waals surface area contributed by atoms with Crippen molar-refractivity contribution in [2.75, 3.05) is 18.0 Å². The molecule has 1 aliphatic rings. The SMILES string of the molecule is CC1CCN(c2cc(Cl)nc(Cl)n2)CC1. The van der Waals surface area contributed by atoms with Crippen molar-refractivity contribution in [2.24, 2.45) is 5.92 Å². The molecular weight excluding hydrogens is 233 g/mol. The van der Waals surface area contributed by atoms with E-state index in [1.165, 1.54) is 12.8 Å². The number of halogens is 2. The number of hydrogen-bond acceptors (Lipinski definition) is 3. The van der Waals surface area contributed by atoms with Gasteiger partial charge in [0.25, 0.3) is 0 Å². The van der Waals surface area contributed by atoms with Crippen molar-refractivity contribution in [2.45, 2.75) is 19.8 Å².